The molecule has 3 heterocycles. The number of aromatic nitrogens is 2. The van der Waals surface area contributed by atoms with Gasteiger partial charge in [-0.15, -0.1) is 0 Å². The standard InChI is InChI=1S/C25H23N2O6/c28-22(11-15-13-26-19-7-3-1-5-17(15)19)32-21-9-10-31-25(30)24(21)33-23(29)12-16-14-27-20-8-4-2-6-18(16)20/h1-9,13-14,21,24-27,30H,10-12H2/t21-,24-,25?/m1/s1. The summed E-state index contributed by atoms with van der Waals surface area (Å²) in [5.41, 5.74) is 3.42. The van der Waals surface area contributed by atoms with Crippen molar-refractivity contribution in [2.75, 3.05) is 6.61 Å². The van der Waals surface area contributed by atoms with Crippen LogP contribution in [0.2, 0.25) is 0 Å². The Bertz CT molecular complexity index is 1290. The minimum absolute atomic E-state index is 0.00321. The van der Waals surface area contributed by atoms with Gasteiger partial charge in [-0.2, -0.15) is 0 Å². The number of rotatable bonds is 6. The molecule has 1 unspecified atom stereocenters. The summed E-state index contributed by atoms with van der Waals surface area (Å²) in [5, 5.41) is 12.1. The van der Waals surface area contributed by atoms with Gasteiger partial charge in [0.2, 0.25) is 0 Å². The van der Waals surface area contributed by atoms with E-state index in [0.29, 0.717) is 0 Å². The molecule has 0 aliphatic carbocycles. The lowest BCUT2D eigenvalue weighted by atomic mass is 10.1. The molecule has 4 aromatic rings. The van der Waals surface area contributed by atoms with Crippen molar-refractivity contribution in [2.45, 2.75) is 31.3 Å². The van der Waals surface area contributed by atoms with Crippen LogP contribution in [0.1, 0.15) is 11.1 Å². The van der Waals surface area contributed by atoms with Crippen LogP contribution in [-0.4, -0.2) is 52.1 Å². The third-order valence-electron chi connectivity index (χ3n) is 5.75. The van der Waals surface area contributed by atoms with Crippen LogP contribution in [0.25, 0.3) is 21.8 Å². The fourth-order valence-corrected chi connectivity index (χ4v) is 4.13. The average molecular weight is 447 g/mol. The molecule has 1 aliphatic heterocycles. The molecule has 1 fully saturated rings. The summed E-state index contributed by atoms with van der Waals surface area (Å²) in [5.74, 6) is -1.05. The number of nitrogens with one attached hydrogen (secondary N) is 2. The van der Waals surface area contributed by atoms with Gasteiger partial charge < -0.3 is 29.3 Å². The number of fused-ring (bicyclic) bond motifs is 2. The predicted molar refractivity (Wildman–Crippen MR) is 120 cm³/mol. The second-order valence-corrected chi connectivity index (χ2v) is 7.94. The number of ether oxygens (including phenoxy) is 3. The number of para-hydroxylation sites is 2. The lowest BCUT2D eigenvalue weighted by molar-refractivity contribution is -0.226. The van der Waals surface area contributed by atoms with E-state index in [4.69, 9.17) is 14.2 Å². The van der Waals surface area contributed by atoms with Crippen molar-refractivity contribution in [1.82, 2.24) is 9.97 Å². The van der Waals surface area contributed by atoms with Gasteiger partial charge in [0.05, 0.1) is 19.4 Å². The number of benzene rings is 2. The zero-order valence-corrected chi connectivity index (χ0v) is 17.7. The number of esters is 2. The van der Waals surface area contributed by atoms with Crippen LogP contribution in [-0.2, 0) is 36.6 Å². The van der Waals surface area contributed by atoms with Crippen molar-refractivity contribution in [3.8, 4) is 0 Å². The van der Waals surface area contributed by atoms with Crippen molar-refractivity contribution in [2.24, 2.45) is 0 Å². The Balaban J connectivity index is 1.24. The molecule has 1 radical (unpaired) electrons. The van der Waals surface area contributed by atoms with Gasteiger partial charge in [0.15, 0.2) is 12.4 Å². The highest BCUT2D eigenvalue weighted by Gasteiger charge is 2.39. The second kappa shape index (κ2) is 9.09. The third-order valence-corrected chi connectivity index (χ3v) is 5.75. The summed E-state index contributed by atoms with van der Waals surface area (Å²) in [7, 11) is 0. The van der Waals surface area contributed by atoms with E-state index in [-0.39, 0.29) is 19.4 Å². The number of hydrogen-bond donors (Lipinski definition) is 3. The van der Waals surface area contributed by atoms with E-state index < -0.39 is 30.4 Å². The Morgan fingerprint density at radius 2 is 1.42 bits per heavy atom. The van der Waals surface area contributed by atoms with Crippen molar-refractivity contribution in [1.29, 1.82) is 0 Å². The van der Waals surface area contributed by atoms with Crippen LogP contribution >= 0.6 is 0 Å². The molecule has 0 bridgehead atoms. The van der Waals surface area contributed by atoms with E-state index in [9.17, 15) is 14.7 Å². The summed E-state index contributed by atoms with van der Waals surface area (Å²) in [6.07, 6.45) is 1.68. The van der Waals surface area contributed by atoms with Gasteiger partial charge in [-0.05, 0) is 23.3 Å². The maximum Gasteiger partial charge on any atom is 0.310 e. The molecule has 0 spiro atoms. The van der Waals surface area contributed by atoms with E-state index >= 15 is 0 Å². The number of H-pyrrole nitrogens is 2. The lowest BCUT2D eigenvalue weighted by Crippen LogP contribution is -2.49. The van der Waals surface area contributed by atoms with Crippen LogP contribution < -0.4 is 0 Å². The normalized spacial score (nSPS) is 20.7. The first-order valence-corrected chi connectivity index (χ1v) is 10.7. The summed E-state index contributed by atoms with van der Waals surface area (Å²) in [6, 6.07) is 15.3. The largest absolute Gasteiger partial charge is 0.458 e. The molecule has 2 aromatic carbocycles. The molecule has 3 N–H and O–H groups in total. The number of aromatic amines is 2. The topological polar surface area (TPSA) is 114 Å². The summed E-state index contributed by atoms with van der Waals surface area (Å²) >= 11 is 0. The number of aliphatic hydroxyl groups excluding tert-OH is 1. The summed E-state index contributed by atoms with van der Waals surface area (Å²) in [6.45, 7) is 0.0721. The molecule has 0 saturated carbocycles. The van der Waals surface area contributed by atoms with Crippen molar-refractivity contribution >= 4 is 33.7 Å². The highest BCUT2D eigenvalue weighted by atomic mass is 16.7. The van der Waals surface area contributed by atoms with Crippen molar-refractivity contribution in [3.63, 3.8) is 0 Å². The lowest BCUT2D eigenvalue weighted by Gasteiger charge is -2.34. The molecule has 8 heteroatoms. The molecule has 3 atom stereocenters. The Morgan fingerprint density at radius 1 is 0.879 bits per heavy atom. The predicted octanol–water partition coefficient (Wildman–Crippen LogP) is 2.81. The minimum atomic E-state index is -1.40. The Labute approximate surface area is 189 Å². The van der Waals surface area contributed by atoms with Gasteiger partial charge in [0, 0.05) is 40.6 Å². The molecule has 0 amide bonds. The van der Waals surface area contributed by atoms with E-state index in [1.165, 1.54) is 0 Å². The quantitative estimate of drug-likeness (QED) is 0.392. The zero-order chi connectivity index (χ0) is 22.8. The SMILES string of the molecule is O=C(Cc1c[nH]c2ccccc12)O[C@@H]1[CH]COC(O)[C@@H]1OC(=O)Cc1c[nH]c2ccccc12. The van der Waals surface area contributed by atoms with E-state index in [0.717, 1.165) is 32.9 Å². The molecule has 169 valence electrons. The number of carbonyl (C=O) groups excluding carboxylic acids is 2. The van der Waals surface area contributed by atoms with Gasteiger partial charge in [0.25, 0.3) is 0 Å². The van der Waals surface area contributed by atoms with Gasteiger partial charge in [0.1, 0.15) is 6.10 Å². The van der Waals surface area contributed by atoms with Crippen molar-refractivity contribution in [3.05, 3.63) is 78.5 Å². The fraction of sp³-hybridized carbons (Fsp3) is 0.240. The molecule has 5 rings (SSSR count). The average Bonchev–Trinajstić information content (AvgIpc) is 3.41. The first-order valence-electron chi connectivity index (χ1n) is 10.7. The molecule has 2 aromatic heterocycles. The van der Waals surface area contributed by atoms with Crippen LogP contribution in [0.3, 0.4) is 0 Å². The number of aliphatic hydroxyl groups is 1. The maximum atomic E-state index is 12.6. The Morgan fingerprint density at radius 3 is 2.03 bits per heavy atom. The summed E-state index contributed by atoms with van der Waals surface area (Å²) < 4.78 is 16.3. The Hall–Kier alpha value is -3.62. The third kappa shape index (κ3) is 4.48. The van der Waals surface area contributed by atoms with Gasteiger partial charge in [-0.3, -0.25) is 9.59 Å². The smallest absolute Gasteiger partial charge is 0.310 e. The molecular weight excluding hydrogens is 424 g/mol. The number of hydrogen-bond acceptors (Lipinski definition) is 6. The molecule has 33 heavy (non-hydrogen) atoms. The van der Waals surface area contributed by atoms with E-state index in [2.05, 4.69) is 9.97 Å². The molecule has 8 nitrogen and oxygen atoms in total. The van der Waals surface area contributed by atoms with Crippen molar-refractivity contribution < 1.29 is 28.9 Å². The van der Waals surface area contributed by atoms with Crippen LogP contribution in [0, 0.1) is 6.42 Å². The first kappa shape index (κ1) is 21.2. The first-order chi connectivity index (χ1) is 16.1. The zero-order valence-electron chi connectivity index (χ0n) is 17.7. The van der Waals surface area contributed by atoms with Crippen LogP contribution in [0.15, 0.2) is 60.9 Å². The van der Waals surface area contributed by atoms with E-state index in [1.54, 1.807) is 18.8 Å². The second-order valence-electron chi connectivity index (χ2n) is 7.94. The Kier molecular flexibility index (Phi) is 5.85. The van der Waals surface area contributed by atoms with Crippen LogP contribution in [0.4, 0.5) is 0 Å². The molecular formula is C25H23N2O6. The summed E-state index contributed by atoms with van der Waals surface area (Å²) in [4.78, 5) is 31.5. The van der Waals surface area contributed by atoms with Crippen LogP contribution in [0.5, 0.6) is 0 Å². The fourth-order valence-electron chi connectivity index (χ4n) is 4.13. The van der Waals surface area contributed by atoms with Gasteiger partial charge in [-0.25, -0.2) is 0 Å². The maximum absolute atomic E-state index is 12.6. The molecule has 1 aliphatic rings. The highest BCUT2D eigenvalue weighted by molar-refractivity contribution is 5.88. The van der Waals surface area contributed by atoms with Gasteiger partial charge >= 0.3 is 11.9 Å². The molecule has 1 saturated heterocycles. The van der Waals surface area contributed by atoms with E-state index in [1.807, 2.05) is 48.5 Å². The number of carbonyl (C=O) groups is 2. The highest BCUT2D eigenvalue weighted by Crippen LogP contribution is 2.24. The van der Waals surface area contributed by atoms with Gasteiger partial charge in [-0.1, -0.05) is 36.4 Å². The minimum Gasteiger partial charge on any atom is -0.458 e. The monoisotopic (exact) mass is 447 g/mol.